The predicted octanol–water partition coefficient (Wildman–Crippen LogP) is 1.99. The van der Waals surface area contributed by atoms with E-state index in [1.807, 2.05) is 16.8 Å². The van der Waals surface area contributed by atoms with Crippen LogP contribution in [0.4, 0.5) is 5.95 Å². The van der Waals surface area contributed by atoms with Gasteiger partial charge in [0.25, 0.3) is 0 Å². The van der Waals surface area contributed by atoms with Crippen LogP contribution in [-0.4, -0.2) is 54.7 Å². The molecule has 8 nitrogen and oxygen atoms in total. The average Bonchev–Trinajstić information content (AvgIpc) is 3.01. The maximum atomic E-state index is 10.4. The van der Waals surface area contributed by atoms with Gasteiger partial charge in [-0.05, 0) is 38.8 Å². The highest BCUT2D eigenvalue weighted by Crippen LogP contribution is 2.30. The Kier molecular flexibility index (Phi) is 6.08. The molecule has 1 atom stereocenters. The summed E-state index contributed by atoms with van der Waals surface area (Å²) < 4.78 is 6.95. The summed E-state index contributed by atoms with van der Waals surface area (Å²) in [6.45, 7) is 5.93. The van der Waals surface area contributed by atoms with Crippen molar-refractivity contribution in [2.45, 2.75) is 44.9 Å². The lowest BCUT2D eigenvalue weighted by molar-refractivity contribution is 0.0628. The Morgan fingerprint density at radius 3 is 2.67 bits per heavy atom. The van der Waals surface area contributed by atoms with E-state index in [1.54, 1.807) is 46.3 Å². The number of nitrogen functional groups attached to an aromatic ring is 1. The molecular formula is C22H27N5O3. The molecule has 3 aromatic heterocycles. The van der Waals surface area contributed by atoms with E-state index in [1.165, 1.54) is 0 Å². The van der Waals surface area contributed by atoms with Crippen molar-refractivity contribution in [3.63, 3.8) is 0 Å². The van der Waals surface area contributed by atoms with Gasteiger partial charge in [-0.15, -0.1) is 0 Å². The fourth-order valence-corrected chi connectivity index (χ4v) is 3.09. The summed E-state index contributed by atoms with van der Waals surface area (Å²) in [6, 6.07) is 3.63. The largest absolute Gasteiger partial charge is 0.389 e. The van der Waals surface area contributed by atoms with Crippen molar-refractivity contribution in [2.75, 3.05) is 19.5 Å². The molecular weight excluding hydrogens is 382 g/mol. The minimum Gasteiger partial charge on any atom is -0.389 e. The molecule has 0 saturated heterocycles. The van der Waals surface area contributed by atoms with Gasteiger partial charge in [0.15, 0.2) is 0 Å². The molecule has 0 spiro atoms. The number of methoxy groups -OCH3 is 1. The monoisotopic (exact) mass is 409 g/mol. The van der Waals surface area contributed by atoms with Gasteiger partial charge in [-0.3, -0.25) is 0 Å². The highest BCUT2D eigenvalue weighted by molar-refractivity contribution is 5.95. The van der Waals surface area contributed by atoms with Crippen LogP contribution in [0.3, 0.4) is 0 Å². The van der Waals surface area contributed by atoms with Crippen molar-refractivity contribution in [3.05, 3.63) is 36.4 Å². The molecule has 158 valence electrons. The van der Waals surface area contributed by atoms with E-state index in [4.69, 9.17) is 10.5 Å². The fourth-order valence-electron chi connectivity index (χ4n) is 3.09. The van der Waals surface area contributed by atoms with Gasteiger partial charge >= 0.3 is 0 Å². The number of hydrogen-bond acceptors (Lipinski definition) is 7. The minimum atomic E-state index is -1.18. The van der Waals surface area contributed by atoms with Gasteiger partial charge in [0.05, 0.1) is 29.6 Å². The summed E-state index contributed by atoms with van der Waals surface area (Å²) in [5.74, 6) is 5.99. The van der Waals surface area contributed by atoms with Gasteiger partial charge in [-0.25, -0.2) is 15.0 Å². The van der Waals surface area contributed by atoms with Crippen LogP contribution in [0.5, 0.6) is 0 Å². The van der Waals surface area contributed by atoms with Gasteiger partial charge in [0, 0.05) is 43.5 Å². The third-order valence-electron chi connectivity index (χ3n) is 4.53. The average molecular weight is 409 g/mol. The second-order valence-electron chi connectivity index (χ2n) is 8.14. The third-order valence-corrected chi connectivity index (χ3v) is 4.53. The number of aromatic nitrogens is 4. The van der Waals surface area contributed by atoms with Crippen LogP contribution >= 0.6 is 0 Å². The molecule has 0 radical (unpaired) electrons. The number of fused-ring (bicyclic) bond motifs is 1. The zero-order chi connectivity index (χ0) is 21.9. The number of anilines is 1. The van der Waals surface area contributed by atoms with E-state index in [-0.39, 0.29) is 5.95 Å². The van der Waals surface area contributed by atoms with Crippen molar-refractivity contribution in [1.82, 2.24) is 19.5 Å². The Morgan fingerprint density at radius 1 is 1.23 bits per heavy atom. The zero-order valence-corrected chi connectivity index (χ0v) is 17.7. The molecule has 0 aromatic carbocycles. The smallest absolute Gasteiger partial charge is 0.220 e. The molecule has 0 aliphatic heterocycles. The molecule has 3 heterocycles. The number of ether oxygens (including phenoxy) is 1. The van der Waals surface area contributed by atoms with Crippen molar-refractivity contribution < 1.29 is 14.9 Å². The molecule has 1 unspecified atom stereocenters. The summed E-state index contributed by atoms with van der Waals surface area (Å²) in [6.07, 6.45) is 5.62. The van der Waals surface area contributed by atoms with E-state index in [9.17, 15) is 10.2 Å². The second-order valence-corrected chi connectivity index (χ2v) is 8.14. The number of nitrogens with zero attached hydrogens (tertiary/aromatic N) is 4. The first-order valence-corrected chi connectivity index (χ1v) is 9.63. The first-order valence-electron chi connectivity index (χ1n) is 9.63. The number of pyridine rings is 1. The molecule has 0 aliphatic carbocycles. The number of rotatable bonds is 6. The molecule has 8 heteroatoms. The summed E-state index contributed by atoms with van der Waals surface area (Å²) >= 11 is 0. The van der Waals surface area contributed by atoms with Gasteiger partial charge < -0.3 is 25.3 Å². The zero-order valence-electron chi connectivity index (χ0n) is 17.7. The van der Waals surface area contributed by atoms with Crippen LogP contribution in [0, 0.1) is 11.8 Å². The highest BCUT2D eigenvalue weighted by Gasteiger charge is 2.19. The Bertz CT molecular complexity index is 1100. The van der Waals surface area contributed by atoms with Crippen LogP contribution in [0.2, 0.25) is 0 Å². The summed E-state index contributed by atoms with van der Waals surface area (Å²) in [4.78, 5) is 12.7. The van der Waals surface area contributed by atoms with Crippen LogP contribution < -0.4 is 5.73 Å². The minimum absolute atomic E-state index is 0.180. The van der Waals surface area contributed by atoms with Gasteiger partial charge in [-0.2, -0.15) is 0 Å². The first kappa shape index (κ1) is 21.7. The maximum Gasteiger partial charge on any atom is 0.220 e. The van der Waals surface area contributed by atoms with E-state index in [0.717, 1.165) is 16.5 Å². The van der Waals surface area contributed by atoms with Crippen LogP contribution in [0.25, 0.3) is 22.2 Å². The van der Waals surface area contributed by atoms with Gasteiger partial charge in [0.2, 0.25) is 5.95 Å². The SMILES string of the molecule is COCCC(C)(O)C#Cc1cc2c(-c3ccnc(N)n3)cn(CC(C)(C)O)c2cn1. The first-order chi connectivity index (χ1) is 14.1. The standard InChI is InChI=1S/C22H27N5O3/c1-21(2,28)14-27-13-17(18-6-9-24-20(23)26-18)16-11-15(25-12-19(16)27)5-7-22(3,29)8-10-30-4/h6,9,11-13,28-29H,8,10,14H2,1-4H3,(H2,23,24,26). The lowest BCUT2D eigenvalue weighted by Gasteiger charge is -2.18. The summed E-state index contributed by atoms with van der Waals surface area (Å²) in [7, 11) is 1.58. The lowest BCUT2D eigenvalue weighted by Crippen LogP contribution is -2.25. The lowest BCUT2D eigenvalue weighted by atomic mass is 10.0. The van der Waals surface area contributed by atoms with E-state index in [2.05, 4.69) is 26.8 Å². The molecule has 0 aliphatic rings. The fraction of sp³-hybridized carbons (Fsp3) is 0.409. The highest BCUT2D eigenvalue weighted by atomic mass is 16.5. The normalized spacial score (nSPS) is 13.7. The number of nitrogens with two attached hydrogens (primary N) is 1. The molecule has 30 heavy (non-hydrogen) atoms. The molecule has 3 aromatic rings. The quantitative estimate of drug-likeness (QED) is 0.533. The Morgan fingerprint density at radius 2 is 2.00 bits per heavy atom. The molecule has 3 rings (SSSR count). The Labute approximate surface area is 175 Å². The predicted molar refractivity (Wildman–Crippen MR) is 115 cm³/mol. The topological polar surface area (TPSA) is 119 Å². The maximum absolute atomic E-state index is 10.4. The Balaban J connectivity index is 2.10. The molecule has 0 amide bonds. The van der Waals surface area contributed by atoms with Gasteiger partial charge in [-0.1, -0.05) is 5.92 Å². The van der Waals surface area contributed by atoms with Crippen LogP contribution in [-0.2, 0) is 11.3 Å². The third kappa shape index (κ3) is 5.33. The molecule has 0 saturated carbocycles. The Hall–Kier alpha value is -2.99. The molecule has 0 bridgehead atoms. The van der Waals surface area contributed by atoms with Crippen molar-refractivity contribution in [3.8, 4) is 23.1 Å². The van der Waals surface area contributed by atoms with Crippen LogP contribution in [0.15, 0.2) is 30.7 Å². The molecule has 0 fully saturated rings. The van der Waals surface area contributed by atoms with Gasteiger partial charge in [0.1, 0.15) is 11.3 Å². The number of aliphatic hydroxyl groups is 2. The second kappa shape index (κ2) is 8.40. The summed E-state index contributed by atoms with van der Waals surface area (Å²) in [5.41, 5.74) is 6.54. The van der Waals surface area contributed by atoms with Crippen molar-refractivity contribution in [1.29, 1.82) is 0 Å². The summed E-state index contributed by atoms with van der Waals surface area (Å²) in [5, 5.41) is 21.5. The number of hydrogen-bond donors (Lipinski definition) is 3. The van der Waals surface area contributed by atoms with E-state index in [0.29, 0.717) is 31.0 Å². The van der Waals surface area contributed by atoms with Crippen LogP contribution in [0.1, 0.15) is 32.9 Å². The van der Waals surface area contributed by atoms with Crippen molar-refractivity contribution >= 4 is 16.9 Å². The van der Waals surface area contributed by atoms with E-state index < -0.39 is 11.2 Å². The van der Waals surface area contributed by atoms with E-state index >= 15 is 0 Å². The van der Waals surface area contributed by atoms with Crippen molar-refractivity contribution in [2.24, 2.45) is 0 Å². The molecule has 4 N–H and O–H groups in total.